The number of halogens is 1. The molecule has 5 heterocycles. The molecule has 10 heteroatoms. The summed E-state index contributed by atoms with van der Waals surface area (Å²) in [6, 6.07) is 2.76. The number of carbonyl (C=O) groups excluding carboxylic acids is 2. The number of aromatic nitrogens is 2. The SMILES string of the molecule is CC[C@]1(O)C(=O)OCc2c1cc1n(c2=O)Cc2c-1nc1cc(F)c(C)c3c1c2[C@H](NC(=O)C1CNC1)CC3. The summed E-state index contributed by atoms with van der Waals surface area (Å²) in [7, 11) is 0. The van der Waals surface area contributed by atoms with E-state index in [-0.39, 0.29) is 59.9 Å². The molecule has 2 atom stereocenters. The normalized spacial score (nSPS) is 23.4. The second-order valence-electron chi connectivity index (χ2n) is 10.8. The first kappa shape index (κ1) is 23.5. The minimum Gasteiger partial charge on any atom is -0.458 e. The third kappa shape index (κ3) is 2.98. The van der Waals surface area contributed by atoms with E-state index in [1.807, 2.05) is 0 Å². The molecule has 0 unspecified atom stereocenters. The number of nitrogens with one attached hydrogen (secondary N) is 2. The minimum atomic E-state index is -1.93. The van der Waals surface area contributed by atoms with Crippen molar-refractivity contribution in [2.24, 2.45) is 5.92 Å². The molecule has 4 aliphatic rings. The van der Waals surface area contributed by atoms with Crippen LogP contribution in [0.4, 0.5) is 4.39 Å². The average molecular weight is 519 g/mol. The van der Waals surface area contributed by atoms with Gasteiger partial charge in [0.25, 0.3) is 5.56 Å². The van der Waals surface area contributed by atoms with Crippen molar-refractivity contribution in [1.29, 1.82) is 0 Å². The molecule has 3 N–H and O–H groups in total. The highest BCUT2D eigenvalue weighted by Crippen LogP contribution is 2.46. The zero-order chi connectivity index (χ0) is 26.5. The van der Waals surface area contributed by atoms with Crippen LogP contribution in [0, 0.1) is 18.7 Å². The maximum absolute atomic E-state index is 15.0. The van der Waals surface area contributed by atoms with E-state index in [9.17, 15) is 23.9 Å². The molecule has 0 saturated carbocycles. The van der Waals surface area contributed by atoms with Crippen molar-refractivity contribution in [2.45, 2.75) is 57.9 Å². The molecule has 7 rings (SSSR count). The van der Waals surface area contributed by atoms with E-state index < -0.39 is 11.6 Å². The van der Waals surface area contributed by atoms with Crippen molar-refractivity contribution in [3.05, 3.63) is 61.7 Å². The van der Waals surface area contributed by atoms with Crippen LogP contribution in [0.1, 0.15) is 59.2 Å². The van der Waals surface area contributed by atoms with E-state index >= 15 is 0 Å². The van der Waals surface area contributed by atoms with Gasteiger partial charge in [-0.15, -0.1) is 0 Å². The molecule has 3 aliphatic heterocycles. The maximum Gasteiger partial charge on any atom is 0.343 e. The Hall–Kier alpha value is -3.63. The van der Waals surface area contributed by atoms with Gasteiger partial charge in [-0.25, -0.2) is 14.2 Å². The van der Waals surface area contributed by atoms with Crippen molar-refractivity contribution in [3.8, 4) is 11.4 Å². The number of hydrogen-bond acceptors (Lipinski definition) is 7. The van der Waals surface area contributed by atoms with Gasteiger partial charge in [-0.05, 0) is 48.9 Å². The van der Waals surface area contributed by atoms with Gasteiger partial charge >= 0.3 is 5.97 Å². The lowest BCUT2D eigenvalue weighted by molar-refractivity contribution is -0.172. The Labute approximate surface area is 217 Å². The number of benzene rings is 1. The first-order chi connectivity index (χ1) is 18.2. The van der Waals surface area contributed by atoms with Crippen LogP contribution < -0.4 is 16.2 Å². The summed E-state index contributed by atoms with van der Waals surface area (Å²) in [5.41, 5.74) is 2.74. The summed E-state index contributed by atoms with van der Waals surface area (Å²) in [6.45, 7) is 4.70. The van der Waals surface area contributed by atoms with Gasteiger partial charge in [-0.2, -0.15) is 0 Å². The van der Waals surface area contributed by atoms with Crippen molar-refractivity contribution >= 4 is 22.8 Å². The molecule has 1 saturated heterocycles. The lowest BCUT2D eigenvalue weighted by Crippen LogP contribution is -2.51. The summed E-state index contributed by atoms with van der Waals surface area (Å²) in [5, 5.41) is 18.3. The fraction of sp³-hybridized carbons (Fsp3) is 0.429. The van der Waals surface area contributed by atoms with Crippen LogP contribution in [-0.2, 0) is 39.5 Å². The van der Waals surface area contributed by atoms with E-state index in [0.29, 0.717) is 48.4 Å². The van der Waals surface area contributed by atoms with E-state index in [2.05, 4.69) is 10.6 Å². The number of pyridine rings is 2. The van der Waals surface area contributed by atoms with Gasteiger partial charge in [0.15, 0.2) is 5.60 Å². The average Bonchev–Trinajstić information content (AvgIpc) is 3.23. The number of fused-ring (bicyclic) bond motifs is 5. The van der Waals surface area contributed by atoms with Gasteiger partial charge in [0.2, 0.25) is 5.91 Å². The van der Waals surface area contributed by atoms with Crippen molar-refractivity contribution < 1.29 is 23.8 Å². The highest BCUT2D eigenvalue weighted by molar-refractivity contribution is 5.94. The molecule has 0 radical (unpaired) electrons. The smallest absolute Gasteiger partial charge is 0.343 e. The van der Waals surface area contributed by atoms with Crippen LogP contribution in [0.5, 0.6) is 0 Å². The van der Waals surface area contributed by atoms with Crippen LogP contribution in [0.2, 0.25) is 0 Å². The van der Waals surface area contributed by atoms with Crippen molar-refractivity contribution in [2.75, 3.05) is 13.1 Å². The molecule has 196 valence electrons. The molecule has 0 bridgehead atoms. The molecular formula is C28H27FN4O5. The highest BCUT2D eigenvalue weighted by Gasteiger charge is 2.46. The molecule has 9 nitrogen and oxygen atoms in total. The van der Waals surface area contributed by atoms with Crippen LogP contribution in [0.15, 0.2) is 16.9 Å². The summed E-state index contributed by atoms with van der Waals surface area (Å²) >= 11 is 0. The molecule has 2 aromatic heterocycles. The Morgan fingerprint density at radius 1 is 1.29 bits per heavy atom. The van der Waals surface area contributed by atoms with Crippen LogP contribution in [0.3, 0.4) is 0 Å². The Kier molecular flexibility index (Phi) is 4.91. The van der Waals surface area contributed by atoms with Crippen LogP contribution in [-0.4, -0.2) is 39.6 Å². The summed E-state index contributed by atoms with van der Waals surface area (Å²) in [4.78, 5) is 44.0. The molecule has 3 aromatic rings. The Morgan fingerprint density at radius 3 is 2.79 bits per heavy atom. The number of aliphatic hydroxyl groups is 1. The molecule has 1 aliphatic carbocycles. The number of carbonyl (C=O) groups is 2. The molecule has 0 spiro atoms. The van der Waals surface area contributed by atoms with Crippen molar-refractivity contribution in [1.82, 2.24) is 20.2 Å². The van der Waals surface area contributed by atoms with Crippen LogP contribution in [0.25, 0.3) is 22.3 Å². The number of amides is 1. The van der Waals surface area contributed by atoms with Crippen LogP contribution >= 0.6 is 0 Å². The van der Waals surface area contributed by atoms with Gasteiger partial charge < -0.3 is 25.0 Å². The third-order valence-corrected chi connectivity index (χ3v) is 8.85. The number of rotatable bonds is 3. The Morgan fingerprint density at radius 2 is 2.08 bits per heavy atom. The lowest BCUT2D eigenvalue weighted by atomic mass is 9.81. The van der Waals surface area contributed by atoms with Gasteiger partial charge in [-0.3, -0.25) is 9.59 Å². The molecule has 1 aromatic carbocycles. The fourth-order valence-corrected chi connectivity index (χ4v) is 6.46. The number of esters is 1. The summed E-state index contributed by atoms with van der Waals surface area (Å²) < 4.78 is 21.7. The van der Waals surface area contributed by atoms with Crippen molar-refractivity contribution in [3.63, 3.8) is 0 Å². The van der Waals surface area contributed by atoms with E-state index in [4.69, 9.17) is 9.72 Å². The lowest BCUT2D eigenvalue weighted by Gasteiger charge is -2.33. The number of cyclic esters (lactones) is 1. The van der Waals surface area contributed by atoms with Gasteiger partial charge in [0.05, 0.1) is 41.0 Å². The van der Waals surface area contributed by atoms with Gasteiger partial charge in [0.1, 0.15) is 12.4 Å². The second-order valence-corrected chi connectivity index (χ2v) is 10.8. The number of nitrogens with zero attached hydrogens (tertiary/aromatic N) is 2. The quantitative estimate of drug-likeness (QED) is 0.354. The largest absolute Gasteiger partial charge is 0.458 e. The molecule has 1 amide bonds. The maximum atomic E-state index is 15.0. The second kappa shape index (κ2) is 7.94. The highest BCUT2D eigenvalue weighted by atomic mass is 19.1. The first-order valence-corrected chi connectivity index (χ1v) is 13.1. The fourth-order valence-electron chi connectivity index (χ4n) is 6.46. The topological polar surface area (TPSA) is 123 Å². The Bertz CT molecular complexity index is 1660. The van der Waals surface area contributed by atoms with Gasteiger partial charge in [-0.1, -0.05) is 6.92 Å². The van der Waals surface area contributed by atoms with E-state index in [1.54, 1.807) is 24.5 Å². The first-order valence-electron chi connectivity index (χ1n) is 13.1. The predicted octanol–water partition coefficient (Wildman–Crippen LogP) is 1.85. The monoisotopic (exact) mass is 518 g/mol. The standard InChI is InChI=1S/C28H27FN4O5/c1-3-28(37)17-6-21-24-15(10-33(21)26(35)16(17)11-38-27(28)36)23-19(32-25(34)13-8-30-9-13)5-4-14-12(2)18(29)7-20(31-24)22(14)23/h6-7,13,19,30,37H,3-5,8-11H2,1-2H3,(H,32,34)/t19-,28-/m1/s1. The summed E-state index contributed by atoms with van der Waals surface area (Å²) in [6.07, 6.45) is 1.25. The van der Waals surface area contributed by atoms with E-state index in [1.165, 1.54) is 6.07 Å². The number of hydrogen-bond donors (Lipinski definition) is 3. The zero-order valence-electron chi connectivity index (χ0n) is 21.1. The van der Waals surface area contributed by atoms with E-state index in [0.717, 1.165) is 22.1 Å². The minimum absolute atomic E-state index is 0.0263. The third-order valence-electron chi connectivity index (χ3n) is 8.85. The predicted molar refractivity (Wildman–Crippen MR) is 135 cm³/mol. The number of aryl methyl sites for hydroxylation is 1. The van der Waals surface area contributed by atoms with Gasteiger partial charge in [0, 0.05) is 35.7 Å². The molecule has 1 fully saturated rings. The molecule has 38 heavy (non-hydrogen) atoms. The zero-order valence-corrected chi connectivity index (χ0v) is 21.1. The summed E-state index contributed by atoms with van der Waals surface area (Å²) in [5.74, 6) is -1.25. The molecular weight excluding hydrogens is 491 g/mol. The number of ether oxygens (including phenoxy) is 1. The Balaban J connectivity index is 1.48.